The van der Waals surface area contributed by atoms with E-state index in [2.05, 4.69) is 106 Å². The third-order valence-corrected chi connectivity index (χ3v) is 19.9. The molecule has 3 aliphatic carbocycles. The normalized spacial score (nSPS) is 33.5. The van der Waals surface area contributed by atoms with Crippen LogP contribution in [0.1, 0.15) is 100 Å². The summed E-state index contributed by atoms with van der Waals surface area (Å²) >= 11 is 0. The Hall–Kier alpha value is -0.686. The maximum absolute atomic E-state index is 7.03. The molecule has 0 aliphatic heterocycles. The van der Waals surface area contributed by atoms with Crippen LogP contribution in [0.2, 0.25) is 36.3 Å². The van der Waals surface area contributed by atoms with Gasteiger partial charge in [0.15, 0.2) is 16.6 Å². The van der Waals surface area contributed by atoms with Crippen molar-refractivity contribution in [3.05, 3.63) is 47.1 Å². The highest BCUT2D eigenvalue weighted by molar-refractivity contribution is 6.74. The lowest BCUT2D eigenvalue weighted by molar-refractivity contribution is 0.0970. The molecular formula is C33H58O2Si2. The summed E-state index contributed by atoms with van der Waals surface area (Å²) in [6, 6.07) is 0. The molecule has 3 fully saturated rings. The molecule has 0 aromatic heterocycles. The second-order valence-corrected chi connectivity index (χ2v) is 25.0. The lowest BCUT2D eigenvalue weighted by atomic mass is 9.65. The van der Waals surface area contributed by atoms with Gasteiger partial charge in [-0.25, -0.2) is 0 Å². The number of hydrogen-bond acceptors (Lipinski definition) is 2. The fourth-order valence-corrected chi connectivity index (χ4v) is 9.00. The minimum atomic E-state index is -1.94. The standard InChI is InChI=1S/C33H58O2Si2/c1-14-27-19-20-29-25(16-15-21-33(27,29)9)17-18-26-22-28(34-36(10,11)31(3,4)5)23-30(24(26)2)35-37(12,13)32(6,7)8/h14,17-18,28-30H,2,15-16,19-23H2,1,3-13H3/b25-17+,26-18+,27-14+/t28?,29?,30?,33-/m1/s1. The first-order valence-electron chi connectivity index (χ1n) is 14.9. The maximum atomic E-state index is 7.03. The molecule has 210 valence electrons. The molecule has 0 aromatic rings. The molecule has 0 amide bonds. The Morgan fingerprint density at radius 2 is 1.51 bits per heavy atom. The molecule has 0 radical (unpaired) electrons. The monoisotopic (exact) mass is 542 g/mol. The lowest BCUT2D eigenvalue weighted by Crippen LogP contribution is -2.49. The summed E-state index contributed by atoms with van der Waals surface area (Å²) in [5, 5.41) is 0.370. The van der Waals surface area contributed by atoms with E-state index in [4.69, 9.17) is 8.85 Å². The molecule has 0 N–H and O–H groups in total. The van der Waals surface area contributed by atoms with E-state index < -0.39 is 16.6 Å². The van der Waals surface area contributed by atoms with E-state index in [-0.39, 0.29) is 22.3 Å². The van der Waals surface area contributed by atoms with Crippen LogP contribution in [-0.4, -0.2) is 28.8 Å². The van der Waals surface area contributed by atoms with Gasteiger partial charge < -0.3 is 8.85 Å². The SMILES string of the molecule is C=C1/C(=C/C=C2\CCC[C@]3(C)/C(=C/C)CCC23)CC(O[Si](C)(C)C(C)(C)C)CC1O[Si](C)(C)C(C)(C)C. The smallest absolute Gasteiger partial charge is 0.192 e. The van der Waals surface area contributed by atoms with Crippen molar-refractivity contribution in [2.24, 2.45) is 11.3 Å². The highest BCUT2D eigenvalue weighted by Gasteiger charge is 2.46. The average Bonchev–Trinajstić information content (AvgIpc) is 3.09. The van der Waals surface area contributed by atoms with E-state index in [1.165, 1.54) is 43.3 Å². The minimum Gasteiger partial charge on any atom is -0.413 e. The van der Waals surface area contributed by atoms with Gasteiger partial charge in [-0.05, 0) is 104 Å². The first kappa shape index (κ1) is 30.8. The van der Waals surface area contributed by atoms with Gasteiger partial charge in [-0.15, -0.1) is 0 Å². The molecule has 3 saturated carbocycles. The largest absolute Gasteiger partial charge is 0.413 e. The Labute approximate surface area is 232 Å². The second-order valence-electron chi connectivity index (χ2n) is 15.4. The number of hydrogen-bond donors (Lipinski definition) is 0. The van der Waals surface area contributed by atoms with Crippen molar-refractivity contribution < 1.29 is 8.85 Å². The van der Waals surface area contributed by atoms with Crippen molar-refractivity contribution in [3.8, 4) is 0 Å². The molecule has 0 aromatic carbocycles. The zero-order valence-corrected chi connectivity index (χ0v) is 28.4. The molecule has 2 nitrogen and oxygen atoms in total. The summed E-state index contributed by atoms with van der Waals surface area (Å²) in [6.45, 7) is 32.9. The van der Waals surface area contributed by atoms with Crippen molar-refractivity contribution >= 4 is 16.6 Å². The average molecular weight is 543 g/mol. The Kier molecular flexibility index (Phi) is 8.93. The van der Waals surface area contributed by atoms with Crippen LogP contribution in [0, 0.1) is 11.3 Å². The molecular weight excluding hydrogens is 485 g/mol. The highest BCUT2D eigenvalue weighted by atomic mass is 28.4. The van der Waals surface area contributed by atoms with Gasteiger partial charge in [0, 0.05) is 6.42 Å². The van der Waals surface area contributed by atoms with Crippen molar-refractivity contribution in [1.82, 2.24) is 0 Å². The highest BCUT2D eigenvalue weighted by Crippen LogP contribution is 2.57. The van der Waals surface area contributed by atoms with E-state index in [9.17, 15) is 0 Å². The van der Waals surface area contributed by atoms with Crippen LogP contribution in [0.4, 0.5) is 0 Å². The Morgan fingerprint density at radius 1 is 0.919 bits per heavy atom. The van der Waals surface area contributed by atoms with Crippen LogP contribution in [0.5, 0.6) is 0 Å². The van der Waals surface area contributed by atoms with Gasteiger partial charge >= 0.3 is 0 Å². The summed E-state index contributed by atoms with van der Waals surface area (Å²) in [5.74, 6) is 0.694. The van der Waals surface area contributed by atoms with Gasteiger partial charge in [0.1, 0.15) is 0 Å². The predicted molar refractivity (Wildman–Crippen MR) is 167 cm³/mol. The van der Waals surface area contributed by atoms with Crippen molar-refractivity contribution in [2.75, 3.05) is 0 Å². The van der Waals surface area contributed by atoms with E-state index >= 15 is 0 Å². The molecule has 0 saturated heterocycles. The zero-order chi connectivity index (χ0) is 28.0. The third kappa shape index (κ3) is 6.39. The fourth-order valence-electron chi connectivity index (χ4n) is 6.33. The summed E-state index contributed by atoms with van der Waals surface area (Å²) in [7, 11) is -3.82. The van der Waals surface area contributed by atoms with Gasteiger partial charge in [-0.2, -0.15) is 0 Å². The maximum Gasteiger partial charge on any atom is 0.192 e. The van der Waals surface area contributed by atoms with Crippen LogP contribution in [0.3, 0.4) is 0 Å². The van der Waals surface area contributed by atoms with Gasteiger partial charge in [-0.3, -0.25) is 0 Å². The van der Waals surface area contributed by atoms with Crippen molar-refractivity contribution in [1.29, 1.82) is 0 Å². The predicted octanol–water partition coefficient (Wildman–Crippen LogP) is 10.5. The number of rotatable bonds is 5. The quantitative estimate of drug-likeness (QED) is 0.254. The first-order valence-corrected chi connectivity index (χ1v) is 20.7. The van der Waals surface area contributed by atoms with Crippen LogP contribution < -0.4 is 0 Å². The Morgan fingerprint density at radius 3 is 2.08 bits per heavy atom. The van der Waals surface area contributed by atoms with Gasteiger partial charge in [0.25, 0.3) is 0 Å². The third-order valence-electron chi connectivity index (χ3n) is 10.9. The fraction of sp³-hybridized carbons (Fsp3) is 0.758. The molecule has 3 aliphatic rings. The van der Waals surface area contributed by atoms with Gasteiger partial charge in [-0.1, -0.05) is 84.4 Å². The van der Waals surface area contributed by atoms with E-state index in [1.54, 1.807) is 11.1 Å². The number of allylic oxidation sites excluding steroid dienone is 5. The van der Waals surface area contributed by atoms with Crippen LogP contribution >= 0.6 is 0 Å². The second kappa shape index (κ2) is 10.7. The summed E-state index contributed by atoms with van der Waals surface area (Å²) < 4.78 is 14.0. The van der Waals surface area contributed by atoms with E-state index in [0.29, 0.717) is 11.3 Å². The molecule has 3 rings (SSSR count). The molecule has 0 bridgehead atoms. The summed E-state index contributed by atoms with van der Waals surface area (Å²) in [5.41, 5.74) is 6.24. The molecule has 37 heavy (non-hydrogen) atoms. The van der Waals surface area contributed by atoms with Crippen molar-refractivity contribution in [2.45, 2.75) is 149 Å². The van der Waals surface area contributed by atoms with Crippen LogP contribution in [-0.2, 0) is 8.85 Å². The summed E-state index contributed by atoms with van der Waals surface area (Å²) in [6.07, 6.45) is 15.9. The minimum absolute atomic E-state index is 0.0480. The molecule has 0 heterocycles. The Bertz CT molecular complexity index is 954. The van der Waals surface area contributed by atoms with Gasteiger partial charge in [0.2, 0.25) is 0 Å². The van der Waals surface area contributed by atoms with Gasteiger partial charge in [0.05, 0.1) is 12.2 Å². The molecule has 3 unspecified atom stereocenters. The van der Waals surface area contributed by atoms with Crippen molar-refractivity contribution in [3.63, 3.8) is 0 Å². The van der Waals surface area contributed by atoms with E-state index in [1.807, 2.05) is 0 Å². The molecule has 4 heteroatoms. The van der Waals surface area contributed by atoms with Crippen LogP contribution in [0.25, 0.3) is 0 Å². The van der Waals surface area contributed by atoms with E-state index in [0.717, 1.165) is 12.8 Å². The number of fused-ring (bicyclic) bond motifs is 1. The summed E-state index contributed by atoms with van der Waals surface area (Å²) in [4.78, 5) is 0. The van der Waals surface area contributed by atoms with Crippen LogP contribution in [0.15, 0.2) is 47.1 Å². The topological polar surface area (TPSA) is 18.5 Å². The molecule has 4 atom stereocenters. The first-order chi connectivity index (χ1) is 16.8. The lowest BCUT2D eigenvalue weighted by Gasteiger charge is -2.45. The zero-order valence-electron chi connectivity index (χ0n) is 26.4. The Balaban J connectivity index is 1.93. The molecule has 0 spiro atoms.